The summed E-state index contributed by atoms with van der Waals surface area (Å²) in [7, 11) is -3.45. The van der Waals surface area contributed by atoms with Crippen LogP contribution in [0.4, 0.5) is 0 Å². The Morgan fingerprint density at radius 2 is 1.62 bits per heavy atom. The van der Waals surface area contributed by atoms with Gasteiger partial charge in [0, 0.05) is 32.7 Å². The molecule has 1 heterocycles. The molecule has 140 valence electrons. The molecule has 7 heteroatoms. The van der Waals surface area contributed by atoms with Crippen molar-refractivity contribution in [2.45, 2.75) is 25.3 Å². The van der Waals surface area contributed by atoms with Gasteiger partial charge < -0.3 is 0 Å². The normalized spacial score (nSPS) is 16.8. The molecular formula is C19H22Cl2N2O2S. The molecule has 1 saturated heterocycles. The van der Waals surface area contributed by atoms with Crippen LogP contribution in [-0.2, 0) is 16.6 Å². The number of hydrogen-bond acceptors (Lipinski definition) is 3. The van der Waals surface area contributed by atoms with Crippen molar-refractivity contribution in [3.8, 4) is 0 Å². The monoisotopic (exact) mass is 412 g/mol. The van der Waals surface area contributed by atoms with E-state index in [1.54, 1.807) is 16.4 Å². The molecule has 0 aromatic heterocycles. The summed E-state index contributed by atoms with van der Waals surface area (Å²) in [5.41, 5.74) is 2.93. The van der Waals surface area contributed by atoms with Crippen LogP contribution in [0.5, 0.6) is 0 Å². The quantitative estimate of drug-likeness (QED) is 0.757. The number of hydrogen-bond donors (Lipinski definition) is 0. The minimum absolute atomic E-state index is 0.404. The van der Waals surface area contributed by atoms with Gasteiger partial charge in [0.2, 0.25) is 10.0 Å². The van der Waals surface area contributed by atoms with Crippen molar-refractivity contribution < 1.29 is 8.42 Å². The van der Waals surface area contributed by atoms with Crippen molar-refractivity contribution >= 4 is 33.2 Å². The number of halogens is 2. The Morgan fingerprint density at radius 3 is 2.23 bits per heavy atom. The zero-order valence-electron chi connectivity index (χ0n) is 14.9. The minimum atomic E-state index is -3.45. The van der Waals surface area contributed by atoms with E-state index in [1.807, 2.05) is 38.1 Å². The molecule has 26 heavy (non-hydrogen) atoms. The van der Waals surface area contributed by atoms with E-state index in [2.05, 4.69) is 4.90 Å². The molecule has 0 radical (unpaired) electrons. The number of rotatable bonds is 4. The molecule has 1 aliphatic rings. The Morgan fingerprint density at radius 1 is 0.923 bits per heavy atom. The maximum Gasteiger partial charge on any atom is 0.243 e. The van der Waals surface area contributed by atoms with Crippen molar-refractivity contribution in [3.05, 3.63) is 63.1 Å². The first-order chi connectivity index (χ1) is 12.3. The largest absolute Gasteiger partial charge is 0.296 e. The summed E-state index contributed by atoms with van der Waals surface area (Å²) in [6.45, 7) is 6.88. The van der Waals surface area contributed by atoms with Gasteiger partial charge in [0.05, 0.1) is 14.9 Å². The topological polar surface area (TPSA) is 40.6 Å². The van der Waals surface area contributed by atoms with E-state index in [0.717, 1.165) is 23.2 Å². The van der Waals surface area contributed by atoms with Crippen LogP contribution in [-0.4, -0.2) is 43.8 Å². The summed E-state index contributed by atoms with van der Waals surface area (Å²) in [6.07, 6.45) is 0. The van der Waals surface area contributed by atoms with Gasteiger partial charge in [0.15, 0.2) is 0 Å². The van der Waals surface area contributed by atoms with Gasteiger partial charge in [-0.25, -0.2) is 8.42 Å². The van der Waals surface area contributed by atoms with Crippen LogP contribution >= 0.6 is 23.2 Å². The molecule has 0 saturated carbocycles. The first kappa shape index (κ1) is 19.6. The predicted molar refractivity (Wildman–Crippen MR) is 106 cm³/mol. The second-order valence-corrected chi connectivity index (χ2v) is 9.42. The van der Waals surface area contributed by atoms with Gasteiger partial charge in [-0.1, -0.05) is 47.0 Å². The molecule has 0 N–H and O–H groups in total. The van der Waals surface area contributed by atoms with Crippen LogP contribution < -0.4 is 0 Å². The Kier molecular flexibility index (Phi) is 5.94. The average molecular weight is 413 g/mol. The highest BCUT2D eigenvalue weighted by atomic mass is 35.5. The van der Waals surface area contributed by atoms with Gasteiger partial charge in [-0.3, -0.25) is 4.90 Å². The van der Waals surface area contributed by atoms with Gasteiger partial charge in [-0.15, -0.1) is 0 Å². The minimum Gasteiger partial charge on any atom is -0.296 e. The highest BCUT2D eigenvalue weighted by Gasteiger charge is 2.29. The van der Waals surface area contributed by atoms with Gasteiger partial charge in [0.25, 0.3) is 0 Å². The fraction of sp³-hybridized carbons (Fsp3) is 0.368. The molecule has 2 aromatic carbocycles. The Labute approximate surface area is 165 Å². The second-order valence-electron chi connectivity index (χ2n) is 6.70. The van der Waals surface area contributed by atoms with E-state index in [9.17, 15) is 8.42 Å². The molecule has 3 rings (SSSR count). The molecule has 0 atom stereocenters. The van der Waals surface area contributed by atoms with Gasteiger partial charge in [-0.05, 0) is 43.2 Å². The third-order valence-corrected chi connectivity index (χ3v) is 7.47. The summed E-state index contributed by atoms with van der Waals surface area (Å²) in [5.74, 6) is 0. The van der Waals surface area contributed by atoms with Crippen molar-refractivity contribution in [1.29, 1.82) is 0 Å². The number of piperazine rings is 1. The van der Waals surface area contributed by atoms with Crippen LogP contribution in [0.2, 0.25) is 10.0 Å². The zero-order valence-corrected chi connectivity index (χ0v) is 17.2. The van der Waals surface area contributed by atoms with E-state index in [0.29, 0.717) is 41.1 Å². The van der Waals surface area contributed by atoms with Gasteiger partial charge in [0.1, 0.15) is 0 Å². The lowest BCUT2D eigenvalue weighted by molar-refractivity contribution is 0.181. The van der Waals surface area contributed by atoms with Crippen molar-refractivity contribution in [2.24, 2.45) is 0 Å². The second kappa shape index (κ2) is 7.87. The molecule has 0 bridgehead atoms. The number of nitrogens with zero attached hydrogens (tertiary/aromatic N) is 2. The fourth-order valence-electron chi connectivity index (χ4n) is 3.25. The van der Waals surface area contributed by atoms with Crippen LogP contribution in [0.1, 0.15) is 16.7 Å². The molecule has 0 amide bonds. The highest BCUT2D eigenvalue weighted by Crippen LogP contribution is 2.25. The lowest BCUT2D eigenvalue weighted by Crippen LogP contribution is -2.48. The molecule has 1 fully saturated rings. The standard InChI is InChI=1S/C19H22Cl2N2O2S/c1-14-3-6-19(15(2)11-14)26(24,25)23-9-7-22(8-10-23)13-16-4-5-17(20)18(21)12-16/h3-6,11-12H,7-10,13H2,1-2H3. The lowest BCUT2D eigenvalue weighted by Gasteiger charge is -2.34. The number of sulfonamides is 1. The lowest BCUT2D eigenvalue weighted by atomic mass is 10.2. The molecule has 0 aliphatic carbocycles. The van der Waals surface area contributed by atoms with E-state index in [1.165, 1.54) is 0 Å². The van der Waals surface area contributed by atoms with Crippen molar-refractivity contribution in [1.82, 2.24) is 9.21 Å². The molecule has 0 spiro atoms. The van der Waals surface area contributed by atoms with E-state index < -0.39 is 10.0 Å². The third kappa shape index (κ3) is 4.24. The van der Waals surface area contributed by atoms with Crippen molar-refractivity contribution in [3.63, 3.8) is 0 Å². The molecule has 2 aromatic rings. The molecule has 0 unspecified atom stereocenters. The summed E-state index contributed by atoms with van der Waals surface area (Å²) in [4.78, 5) is 2.63. The smallest absolute Gasteiger partial charge is 0.243 e. The third-order valence-electron chi connectivity index (χ3n) is 4.67. The van der Waals surface area contributed by atoms with Crippen LogP contribution in [0.3, 0.4) is 0 Å². The SMILES string of the molecule is Cc1ccc(S(=O)(=O)N2CCN(Cc3ccc(Cl)c(Cl)c3)CC2)c(C)c1. The Balaban J connectivity index is 1.66. The predicted octanol–water partition coefficient (Wildman–Crippen LogP) is 4.12. The molecule has 1 aliphatic heterocycles. The van der Waals surface area contributed by atoms with Crippen LogP contribution in [0.25, 0.3) is 0 Å². The van der Waals surface area contributed by atoms with Gasteiger partial charge in [-0.2, -0.15) is 4.31 Å². The Hall–Kier alpha value is -1.11. The first-order valence-electron chi connectivity index (χ1n) is 8.51. The summed E-state index contributed by atoms with van der Waals surface area (Å²) >= 11 is 12.0. The van der Waals surface area contributed by atoms with Gasteiger partial charge >= 0.3 is 0 Å². The van der Waals surface area contributed by atoms with E-state index in [4.69, 9.17) is 23.2 Å². The zero-order chi connectivity index (χ0) is 18.9. The summed E-state index contributed by atoms with van der Waals surface area (Å²) < 4.78 is 27.5. The first-order valence-corrected chi connectivity index (χ1v) is 10.7. The van der Waals surface area contributed by atoms with Crippen LogP contribution in [0.15, 0.2) is 41.3 Å². The summed E-state index contributed by atoms with van der Waals surface area (Å²) in [6, 6.07) is 11.1. The van der Waals surface area contributed by atoms with E-state index >= 15 is 0 Å². The Bertz CT molecular complexity index is 908. The fourth-order valence-corrected chi connectivity index (χ4v) is 5.20. The highest BCUT2D eigenvalue weighted by molar-refractivity contribution is 7.89. The maximum atomic E-state index is 12.9. The van der Waals surface area contributed by atoms with E-state index in [-0.39, 0.29) is 0 Å². The summed E-state index contributed by atoms with van der Waals surface area (Å²) in [5, 5.41) is 1.08. The number of benzene rings is 2. The molecule has 4 nitrogen and oxygen atoms in total. The average Bonchev–Trinajstić information content (AvgIpc) is 2.58. The maximum absolute atomic E-state index is 12.9. The van der Waals surface area contributed by atoms with Crippen molar-refractivity contribution in [2.75, 3.05) is 26.2 Å². The molecular weight excluding hydrogens is 391 g/mol. The van der Waals surface area contributed by atoms with Crippen LogP contribution in [0, 0.1) is 13.8 Å². The number of aryl methyl sites for hydroxylation is 2.